The Bertz CT molecular complexity index is 1340. The molecule has 162 valence electrons. The SMILES string of the molecule is O=C(Cn1c(=O)oc2cc(S(=O)(=O)N3CCCC3)ccc21)Nc1cccc([N+](=O)[O-])c1. The molecule has 1 aromatic heterocycles. The number of anilines is 1. The zero-order chi connectivity index (χ0) is 22.2. The average Bonchev–Trinajstić information content (AvgIpc) is 3.37. The molecule has 31 heavy (non-hydrogen) atoms. The fourth-order valence-electron chi connectivity index (χ4n) is 3.48. The third kappa shape index (κ3) is 4.07. The number of hydrogen-bond acceptors (Lipinski definition) is 7. The quantitative estimate of drug-likeness (QED) is 0.450. The van der Waals surface area contributed by atoms with Gasteiger partial charge in [0.15, 0.2) is 5.58 Å². The van der Waals surface area contributed by atoms with E-state index in [9.17, 15) is 28.1 Å². The second-order valence-electron chi connectivity index (χ2n) is 7.05. The minimum Gasteiger partial charge on any atom is -0.408 e. The molecule has 0 radical (unpaired) electrons. The Morgan fingerprint density at radius 3 is 2.61 bits per heavy atom. The Labute approximate surface area is 176 Å². The zero-order valence-electron chi connectivity index (χ0n) is 16.2. The number of oxazole rings is 1. The number of nitro benzene ring substituents is 1. The van der Waals surface area contributed by atoms with Crippen LogP contribution < -0.4 is 11.1 Å². The highest BCUT2D eigenvalue weighted by molar-refractivity contribution is 7.89. The molecule has 1 aliphatic heterocycles. The second-order valence-corrected chi connectivity index (χ2v) is 8.99. The molecule has 0 bridgehead atoms. The molecule has 0 atom stereocenters. The number of hydrogen-bond donors (Lipinski definition) is 1. The van der Waals surface area contributed by atoms with Crippen molar-refractivity contribution in [2.45, 2.75) is 24.3 Å². The van der Waals surface area contributed by atoms with Gasteiger partial charge in [-0.05, 0) is 31.0 Å². The van der Waals surface area contributed by atoms with Crippen LogP contribution in [-0.2, 0) is 21.4 Å². The van der Waals surface area contributed by atoms with Crippen molar-refractivity contribution in [2.75, 3.05) is 18.4 Å². The zero-order valence-corrected chi connectivity index (χ0v) is 17.0. The van der Waals surface area contributed by atoms with E-state index in [1.165, 1.54) is 46.8 Å². The van der Waals surface area contributed by atoms with E-state index in [4.69, 9.17) is 4.42 Å². The number of carbonyl (C=O) groups excluding carboxylic acids is 1. The predicted molar refractivity (Wildman–Crippen MR) is 110 cm³/mol. The largest absolute Gasteiger partial charge is 0.420 e. The molecule has 2 heterocycles. The lowest BCUT2D eigenvalue weighted by molar-refractivity contribution is -0.384. The molecule has 12 heteroatoms. The van der Waals surface area contributed by atoms with Gasteiger partial charge in [0.05, 0.1) is 15.3 Å². The van der Waals surface area contributed by atoms with Crippen LogP contribution in [-0.4, -0.2) is 41.2 Å². The van der Waals surface area contributed by atoms with Gasteiger partial charge in [-0.25, -0.2) is 13.2 Å². The fourth-order valence-corrected chi connectivity index (χ4v) is 5.01. The third-order valence-corrected chi connectivity index (χ3v) is 6.88. The molecule has 0 saturated carbocycles. The van der Waals surface area contributed by atoms with Crippen LogP contribution in [0.5, 0.6) is 0 Å². The number of non-ortho nitro benzene ring substituents is 1. The van der Waals surface area contributed by atoms with E-state index in [-0.39, 0.29) is 27.4 Å². The smallest absolute Gasteiger partial charge is 0.408 e. The normalized spacial score (nSPS) is 14.7. The van der Waals surface area contributed by atoms with Crippen molar-refractivity contribution in [1.82, 2.24) is 8.87 Å². The van der Waals surface area contributed by atoms with Gasteiger partial charge in [-0.15, -0.1) is 0 Å². The number of nitro groups is 1. The van der Waals surface area contributed by atoms with Crippen LogP contribution >= 0.6 is 0 Å². The molecule has 1 saturated heterocycles. The third-order valence-electron chi connectivity index (χ3n) is 4.98. The van der Waals surface area contributed by atoms with Gasteiger partial charge < -0.3 is 9.73 Å². The monoisotopic (exact) mass is 446 g/mol. The van der Waals surface area contributed by atoms with E-state index in [2.05, 4.69) is 5.32 Å². The van der Waals surface area contributed by atoms with Gasteiger partial charge in [-0.2, -0.15) is 4.31 Å². The maximum atomic E-state index is 12.7. The summed E-state index contributed by atoms with van der Waals surface area (Å²) in [5, 5.41) is 13.4. The molecule has 1 fully saturated rings. The molecular weight excluding hydrogens is 428 g/mol. The van der Waals surface area contributed by atoms with Gasteiger partial charge in [0.1, 0.15) is 6.54 Å². The molecule has 0 aliphatic carbocycles. The Balaban J connectivity index is 1.58. The minimum atomic E-state index is -3.68. The van der Waals surface area contributed by atoms with Crippen LogP contribution in [0.2, 0.25) is 0 Å². The van der Waals surface area contributed by atoms with Crippen molar-refractivity contribution in [3.63, 3.8) is 0 Å². The maximum Gasteiger partial charge on any atom is 0.420 e. The van der Waals surface area contributed by atoms with Gasteiger partial charge in [0, 0.05) is 37.0 Å². The first-order valence-corrected chi connectivity index (χ1v) is 10.9. The first-order chi connectivity index (χ1) is 14.8. The molecule has 2 aromatic carbocycles. The summed E-state index contributed by atoms with van der Waals surface area (Å²) in [6.07, 6.45) is 1.60. The van der Waals surface area contributed by atoms with Crippen LogP contribution in [0.1, 0.15) is 12.8 Å². The highest BCUT2D eigenvalue weighted by Crippen LogP contribution is 2.24. The number of nitrogens with one attached hydrogen (secondary N) is 1. The van der Waals surface area contributed by atoms with Crippen molar-refractivity contribution in [3.05, 3.63) is 63.1 Å². The molecule has 1 aliphatic rings. The number of rotatable bonds is 6. The number of sulfonamides is 1. The lowest BCUT2D eigenvalue weighted by Crippen LogP contribution is -2.27. The first-order valence-electron chi connectivity index (χ1n) is 9.43. The summed E-state index contributed by atoms with van der Waals surface area (Å²) >= 11 is 0. The van der Waals surface area contributed by atoms with Crippen molar-refractivity contribution < 1.29 is 22.6 Å². The summed E-state index contributed by atoms with van der Waals surface area (Å²) in [5.41, 5.74) is 0.336. The molecule has 4 rings (SSSR count). The minimum absolute atomic E-state index is 0.0175. The van der Waals surface area contributed by atoms with Gasteiger partial charge in [-0.1, -0.05) is 6.07 Å². The number of fused-ring (bicyclic) bond motifs is 1. The number of carbonyl (C=O) groups is 1. The van der Waals surface area contributed by atoms with Gasteiger partial charge >= 0.3 is 5.76 Å². The highest BCUT2D eigenvalue weighted by Gasteiger charge is 2.28. The van der Waals surface area contributed by atoms with Gasteiger partial charge in [0.25, 0.3) is 5.69 Å². The Morgan fingerprint density at radius 1 is 1.16 bits per heavy atom. The lowest BCUT2D eigenvalue weighted by atomic mass is 10.3. The molecule has 3 aromatic rings. The van der Waals surface area contributed by atoms with Crippen molar-refractivity contribution >= 4 is 38.4 Å². The van der Waals surface area contributed by atoms with Crippen LogP contribution in [0.4, 0.5) is 11.4 Å². The molecular formula is C19H18N4O7S. The van der Waals surface area contributed by atoms with Crippen molar-refractivity contribution in [3.8, 4) is 0 Å². The topological polar surface area (TPSA) is 145 Å². The Morgan fingerprint density at radius 2 is 1.90 bits per heavy atom. The van der Waals surface area contributed by atoms with E-state index in [1.54, 1.807) is 0 Å². The summed E-state index contributed by atoms with van der Waals surface area (Å²) in [4.78, 5) is 34.9. The first kappa shape index (κ1) is 20.8. The standard InChI is InChI=1S/C19H18N4O7S/c24-18(20-13-4-3-5-14(10-13)23(26)27)12-22-16-7-6-15(11-17(16)30-19(22)25)31(28,29)21-8-1-2-9-21/h3-7,10-11H,1-2,8-9,12H2,(H,20,24). The van der Waals surface area contributed by atoms with Crippen LogP contribution in [0, 0.1) is 10.1 Å². The summed E-state index contributed by atoms with van der Waals surface area (Å²) in [5.74, 6) is -1.42. The molecule has 1 amide bonds. The predicted octanol–water partition coefficient (Wildman–Crippen LogP) is 1.93. The summed E-state index contributed by atoms with van der Waals surface area (Å²) in [6, 6.07) is 9.47. The average molecular weight is 446 g/mol. The highest BCUT2D eigenvalue weighted by atomic mass is 32.2. The van der Waals surface area contributed by atoms with Crippen LogP contribution in [0.15, 0.2) is 56.6 Å². The van der Waals surface area contributed by atoms with Crippen molar-refractivity contribution in [1.29, 1.82) is 0 Å². The maximum absolute atomic E-state index is 12.7. The number of benzene rings is 2. The van der Waals surface area contributed by atoms with E-state index < -0.39 is 33.2 Å². The molecule has 0 spiro atoms. The second kappa shape index (κ2) is 7.96. The summed E-state index contributed by atoms with van der Waals surface area (Å²) < 4.78 is 33.0. The van der Waals surface area contributed by atoms with Crippen LogP contribution in [0.25, 0.3) is 11.1 Å². The van der Waals surface area contributed by atoms with Crippen molar-refractivity contribution in [2.24, 2.45) is 0 Å². The number of nitrogens with zero attached hydrogens (tertiary/aromatic N) is 3. The lowest BCUT2D eigenvalue weighted by Gasteiger charge is -2.15. The van der Waals surface area contributed by atoms with E-state index in [0.717, 1.165) is 17.4 Å². The number of aromatic nitrogens is 1. The van der Waals surface area contributed by atoms with Crippen LogP contribution in [0.3, 0.4) is 0 Å². The van der Waals surface area contributed by atoms with E-state index >= 15 is 0 Å². The van der Waals surface area contributed by atoms with E-state index in [0.29, 0.717) is 13.1 Å². The molecule has 11 nitrogen and oxygen atoms in total. The fraction of sp³-hybridized carbons (Fsp3) is 0.263. The number of amides is 1. The summed E-state index contributed by atoms with van der Waals surface area (Å²) in [6.45, 7) is 0.485. The molecule has 0 unspecified atom stereocenters. The summed E-state index contributed by atoms with van der Waals surface area (Å²) in [7, 11) is -3.68. The Kier molecular flexibility index (Phi) is 5.33. The van der Waals surface area contributed by atoms with Gasteiger partial charge in [-0.3, -0.25) is 19.5 Å². The Hall–Kier alpha value is -3.51. The van der Waals surface area contributed by atoms with E-state index in [1.807, 2.05) is 0 Å². The van der Waals surface area contributed by atoms with Gasteiger partial charge in [0.2, 0.25) is 15.9 Å². The molecule has 1 N–H and O–H groups in total.